The van der Waals surface area contributed by atoms with E-state index in [4.69, 9.17) is 0 Å². The van der Waals surface area contributed by atoms with Crippen LogP contribution in [0.5, 0.6) is 0 Å². The first kappa shape index (κ1) is 9.04. The molecule has 0 bridgehead atoms. The van der Waals surface area contributed by atoms with Crippen molar-refractivity contribution in [3.63, 3.8) is 0 Å². The molecule has 12 heavy (non-hydrogen) atoms. The molecular formula is C10H16N2. The highest BCUT2D eigenvalue weighted by Crippen LogP contribution is 2.13. The molecule has 1 aromatic heterocycles. The number of hydrogen-bond donors (Lipinski definition) is 1. The van der Waals surface area contributed by atoms with E-state index in [1.165, 1.54) is 12.1 Å². The molecule has 0 saturated heterocycles. The average Bonchev–Trinajstić information content (AvgIpc) is 2.56. The van der Waals surface area contributed by atoms with Gasteiger partial charge in [-0.05, 0) is 18.8 Å². The van der Waals surface area contributed by atoms with Gasteiger partial charge in [0, 0.05) is 11.9 Å². The maximum atomic E-state index is 3.99. The molecule has 1 unspecified atom stereocenters. The number of H-pyrrole nitrogens is 1. The van der Waals surface area contributed by atoms with Crippen molar-refractivity contribution in [3.8, 4) is 0 Å². The normalized spacial score (nSPS) is 12.8. The molecule has 0 saturated carbocycles. The molecule has 1 rings (SSSR count). The lowest BCUT2D eigenvalue weighted by Gasteiger charge is -2.09. The van der Waals surface area contributed by atoms with Gasteiger partial charge in [0.1, 0.15) is 0 Å². The Morgan fingerprint density at radius 2 is 2.58 bits per heavy atom. The van der Waals surface area contributed by atoms with E-state index in [1.807, 2.05) is 12.3 Å². The first-order chi connectivity index (χ1) is 5.86. The molecular weight excluding hydrogens is 148 g/mol. The third-order valence-corrected chi connectivity index (χ3v) is 2.14. The highest BCUT2D eigenvalue weighted by molar-refractivity contribution is 4.96. The highest BCUT2D eigenvalue weighted by Gasteiger charge is 2.05. The second kappa shape index (κ2) is 4.75. The fraction of sp³-hybridized carbons (Fsp3) is 0.500. The molecule has 0 fully saturated rings. The summed E-state index contributed by atoms with van der Waals surface area (Å²) in [6.45, 7) is 5.96. The van der Waals surface area contributed by atoms with E-state index >= 15 is 0 Å². The number of aromatic amines is 1. The van der Waals surface area contributed by atoms with Crippen molar-refractivity contribution >= 4 is 0 Å². The SMILES string of the molecule is C=CCC(CC)Cc1cnc[nH]1. The first-order valence-electron chi connectivity index (χ1n) is 4.45. The molecule has 2 nitrogen and oxygen atoms in total. The number of imidazole rings is 1. The molecule has 0 aliphatic heterocycles. The van der Waals surface area contributed by atoms with E-state index in [-0.39, 0.29) is 0 Å². The van der Waals surface area contributed by atoms with Gasteiger partial charge < -0.3 is 4.98 Å². The van der Waals surface area contributed by atoms with Crippen LogP contribution in [0.15, 0.2) is 25.2 Å². The van der Waals surface area contributed by atoms with Crippen LogP contribution in [0.1, 0.15) is 25.5 Å². The van der Waals surface area contributed by atoms with Crippen molar-refractivity contribution in [2.75, 3.05) is 0 Å². The lowest BCUT2D eigenvalue weighted by atomic mass is 9.97. The van der Waals surface area contributed by atoms with E-state index in [1.54, 1.807) is 6.33 Å². The largest absolute Gasteiger partial charge is 0.348 e. The Kier molecular flexibility index (Phi) is 3.58. The molecule has 2 heteroatoms. The van der Waals surface area contributed by atoms with Crippen LogP contribution in [-0.2, 0) is 6.42 Å². The molecule has 66 valence electrons. The third-order valence-electron chi connectivity index (χ3n) is 2.14. The fourth-order valence-corrected chi connectivity index (χ4v) is 1.34. The van der Waals surface area contributed by atoms with E-state index in [9.17, 15) is 0 Å². The Hall–Kier alpha value is -1.05. The van der Waals surface area contributed by atoms with Gasteiger partial charge in [0.2, 0.25) is 0 Å². The van der Waals surface area contributed by atoms with Crippen LogP contribution in [0, 0.1) is 5.92 Å². The van der Waals surface area contributed by atoms with Gasteiger partial charge in [-0.1, -0.05) is 19.4 Å². The van der Waals surface area contributed by atoms with Crippen LogP contribution in [0.4, 0.5) is 0 Å². The summed E-state index contributed by atoms with van der Waals surface area (Å²) in [5, 5.41) is 0. The highest BCUT2D eigenvalue weighted by atomic mass is 14.9. The van der Waals surface area contributed by atoms with Crippen LogP contribution in [0.2, 0.25) is 0 Å². The number of rotatable bonds is 5. The molecule has 0 aromatic carbocycles. The molecule has 1 N–H and O–H groups in total. The van der Waals surface area contributed by atoms with E-state index in [0.717, 1.165) is 12.8 Å². The summed E-state index contributed by atoms with van der Waals surface area (Å²) < 4.78 is 0. The van der Waals surface area contributed by atoms with Crippen molar-refractivity contribution in [2.24, 2.45) is 5.92 Å². The van der Waals surface area contributed by atoms with Crippen molar-refractivity contribution in [2.45, 2.75) is 26.2 Å². The van der Waals surface area contributed by atoms with Gasteiger partial charge in [-0.15, -0.1) is 6.58 Å². The van der Waals surface area contributed by atoms with Gasteiger partial charge >= 0.3 is 0 Å². The Bertz CT molecular complexity index is 214. The number of aromatic nitrogens is 2. The van der Waals surface area contributed by atoms with Crippen LogP contribution in [0.3, 0.4) is 0 Å². The zero-order chi connectivity index (χ0) is 8.81. The van der Waals surface area contributed by atoms with Crippen LogP contribution in [-0.4, -0.2) is 9.97 Å². The van der Waals surface area contributed by atoms with Crippen LogP contribution in [0.25, 0.3) is 0 Å². The molecule has 0 amide bonds. The Labute approximate surface area is 73.7 Å². The van der Waals surface area contributed by atoms with E-state index in [0.29, 0.717) is 5.92 Å². The molecule has 0 radical (unpaired) electrons. The summed E-state index contributed by atoms with van der Waals surface area (Å²) in [5.74, 6) is 0.711. The Balaban J connectivity index is 2.42. The zero-order valence-electron chi connectivity index (χ0n) is 7.59. The second-order valence-corrected chi connectivity index (χ2v) is 3.08. The van der Waals surface area contributed by atoms with Gasteiger partial charge in [0.25, 0.3) is 0 Å². The summed E-state index contributed by atoms with van der Waals surface area (Å²) in [4.78, 5) is 7.10. The number of nitrogens with one attached hydrogen (secondary N) is 1. The molecule has 0 aliphatic carbocycles. The van der Waals surface area contributed by atoms with Crippen molar-refractivity contribution in [3.05, 3.63) is 30.9 Å². The lowest BCUT2D eigenvalue weighted by Crippen LogP contribution is -2.01. The molecule has 0 spiro atoms. The summed E-state index contributed by atoms with van der Waals surface area (Å²) in [7, 11) is 0. The van der Waals surface area contributed by atoms with Gasteiger partial charge in [-0.25, -0.2) is 4.98 Å². The molecule has 1 aromatic rings. The van der Waals surface area contributed by atoms with Crippen LogP contribution < -0.4 is 0 Å². The maximum absolute atomic E-state index is 3.99. The minimum Gasteiger partial charge on any atom is -0.348 e. The minimum absolute atomic E-state index is 0.711. The standard InChI is InChI=1S/C10H16N2/c1-3-5-9(4-2)6-10-7-11-8-12-10/h3,7-9H,1,4-6H2,2H3,(H,11,12). The lowest BCUT2D eigenvalue weighted by molar-refractivity contribution is 0.509. The fourth-order valence-electron chi connectivity index (χ4n) is 1.34. The number of nitrogens with zero attached hydrogens (tertiary/aromatic N) is 1. The van der Waals surface area contributed by atoms with Crippen LogP contribution >= 0.6 is 0 Å². The Morgan fingerprint density at radius 3 is 3.08 bits per heavy atom. The van der Waals surface area contributed by atoms with Crippen molar-refractivity contribution < 1.29 is 0 Å². The van der Waals surface area contributed by atoms with E-state index in [2.05, 4.69) is 23.5 Å². The molecule has 1 heterocycles. The predicted octanol–water partition coefficient (Wildman–Crippen LogP) is 2.55. The minimum atomic E-state index is 0.711. The van der Waals surface area contributed by atoms with Gasteiger partial charge in [0.05, 0.1) is 6.33 Å². The predicted molar refractivity (Wildman–Crippen MR) is 50.9 cm³/mol. The maximum Gasteiger partial charge on any atom is 0.0921 e. The van der Waals surface area contributed by atoms with Gasteiger partial charge in [-0.3, -0.25) is 0 Å². The summed E-state index contributed by atoms with van der Waals surface area (Å²) in [6.07, 6.45) is 9.00. The van der Waals surface area contributed by atoms with Crippen molar-refractivity contribution in [1.82, 2.24) is 9.97 Å². The number of hydrogen-bond acceptors (Lipinski definition) is 1. The summed E-state index contributed by atoms with van der Waals surface area (Å²) in [6, 6.07) is 0. The summed E-state index contributed by atoms with van der Waals surface area (Å²) >= 11 is 0. The quantitative estimate of drug-likeness (QED) is 0.666. The topological polar surface area (TPSA) is 28.7 Å². The average molecular weight is 164 g/mol. The number of allylic oxidation sites excluding steroid dienone is 1. The molecule has 1 atom stereocenters. The Morgan fingerprint density at radius 1 is 1.75 bits per heavy atom. The van der Waals surface area contributed by atoms with Gasteiger partial charge in [0.15, 0.2) is 0 Å². The summed E-state index contributed by atoms with van der Waals surface area (Å²) in [5.41, 5.74) is 1.23. The smallest absolute Gasteiger partial charge is 0.0921 e. The molecule has 0 aliphatic rings. The van der Waals surface area contributed by atoms with Gasteiger partial charge in [-0.2, -0.15) is 0 Å². The monoisotopic (exact) mass is 164 g/mol. The third kappa shape index (κ3) is 2.53. The van der Waals surface area contributed by atoms with Crippen molar-refractivity contribution in [1.29, 1.82) is 0 Å². The second-order valence-electron chi connectivity index (χ2n) is 3.08. The zero-order valence-corrected chi connectivity index (χ0v) is 7.59. The van der Waals surface area contributed by atoms with E-state index < -0.39 is 0 Å². The first-order valence-corrected chi connectivity index (χ1v) is 4.45.